The van der Waals surface area contributed by atoms with Gasteiger partial charge >= 0.3 is 15.2 Å². The van der Waals surface area contributed by atoms with Crippen LogP contribution in [0.2, 0.25) is 0 Å². The highest BCUT2D eigenvalue weighted by Gasteiger charge is 2.29. The molecule has 1 aromatic heterocycles. The van der Waals surface area contributed by atoms with Crippen molar-refractivity contribution in [2.75, 3.05) is 26.4 Å². The Morgan fingerprint density at radius 3 is 1.30 bits per heavy atom. The quantitative estimate of drug-likeness (QED) is 0.489. The summed E-state index contributed by atoms with van der Waals surface area (Å²) in [6.07, 6.45) is 0.0600. The summed E-state index contributed by atoms with van der Waals surface area (Å²) >= 11 is 0. The fraction of sp³-hybridized carbons (Fsp3) is 0.714. The molecule has 0 aliphatic heterocycles. The molecule has 0 aliphatic carbocycles. The van der Waals surface area contributed by atoms with Crippen molar-refractivity contribution in [3.8, 4) is 0 Å². The number of hydrogen-bond donors (Lipinski definition) is 0. The average Bonchev–Trinajstić information content (AvgIpc) is 2.85. The molecule has 1 heterocycles. The van der Waals surface area contributed by atoms with Crippen molar-refractivity contribution in [2.24, 2.45) is 0 Å². The number of hydrogen-bond acceptors (Lipinski definition) is 7. The van der Waals surface area contributed by atoms with Crippen molar-refractivity contribution in [3.05, 3.63) is 23.7 Å². The molecule has 0 amide bonds. The molecule has 0 unspecified atom stereocenters. The lowest BCUT2D eigenvalue weighted by molar-refractivity contribution is 0.216. The van der Waals surface area contributed by atoms with E-state index < -0.39 is 15.2 Å². The van der Waals surface area contributed by atoms with Gasteiger partial charge in [-0.25, -0.2) is 0 Å². The highest BCUT2D eigenvalue weighted by atomic mass is 31.2. The Labute approximate surface area is 137 Å². The Hall–Kier alpha value is -0.420. The third-order valence-corrected chi connectivity index (χ3v) is 6.72. The molecule has 0 saturated heterocycles. The Kier molecular flexibility index (Phi) is 8.76. The maximum absolute atomic E-state index is 12.5. The minimum Gasteiger partial charge on any atom is -0.465 e. The Balaban J connectivity index is 2.80. The van der Waals surface area contributed by atoms with Crippen LogP contribution < -0.4 is 0 Å². The van der Waals surface area contributed by atoms with Crippen LogP contribution in [0.4, 0.5) is 0 Å². The van der Waals surface area contributed by atoms with Crippen LogP contribution in [-0.4, -0.2) is 26.4 Å². The summed E-state index contributed by atoms with van der Waals surface area (Å²) in [6, 6.07) is 3.34. The Morgan fingerprint density at radius 2 is 1.04 bits per heavy atom. The molecule has 1 rings (SSSR count). The predicted octanol–water partition coefficient (Wildman–Crippen LogP) is 4.81. The van der Waals surface area contributed by atoms with E-state index in [0.29, 0.717) is 11.5 Å². The van der Waals surface area contributed by atoms with E-state index >= 15 is 0 Å². The van der Waals surface area contributed by atoms with Crippen molar-refractivity contribution in [1.82, 2.24) is 0 Å². The van der Waals surface area contributed by atoms with Crippen LogP contribution in [0.3, 0.4) is 0 Å². The Bertz CT molecular complexity index is 489. The van der Waals surface area contributed by atoms with Crippen molar-refractivity contribution in [3.63, 3.8) is 0 Å². The first-order chi connectivity index (χ1) is 10.9. The van der Waals surface area contributed by atoms with Gasteiger partial charge in [-0.05, 0) is 39.8 Å². The second-order valence-electron chi connectivity index (χ2n) is 4.58. The lowest BCUT2D eigenvalue weighted by atomic mass is 10.5. The van der Waals surface area contributed by atoms with E-state index in [1.165, 1.54) is 0 Å². The van der Waals surface area contributed by atoms with E-state index in [-0.39, 0.29) is 38.8 Å². The van der Waals surface area contributed by atoms with Crippen LogP contribution >= 0.6 is 15.2 Å². The second-order valence-corrected chi connectivity index (χ2v) is 8.69. The minimum absolute atomic E-state index is 0.0300. The van der Waals surface area contributed by atoms with Gasteiger partial charge < -0.3 is 22.5 Å². The molecule has 7 nitrogen and oxygen atoms in total. The molecule has 0 radical (unpaired) electrons. The molecule has 1 aromatic rings. The van der Waals surface area contributed by atoms with Crippen LogP contribution in [0, 0.1) is 0 Å². The molecule has 0 N–H and O–H groups in total. The lowest BCUT2D eigenvalue weighted by Gasteiger charge is -2.16. The fourth-order valence-electron chi connectivity index (χ4n) is 2.02. The topological polar surface area (TPSA) is 84.2 Å². The molecule has 0 bridgehead atoms. The summed E-state index contributed by atoms with van der Waals surface area (Å²) in [5.41, 5.74) is 0. The summed E-state index contributed by atoms with van der Waals surface area (Å²) in [5, 5.41) is 0. The average molecular weight is 368 g/mol. The second kappa shape index (κ2) is 9.77. The van der Waals surface area contributed by atoms with Gasteiger partial charge in [0, 0.05) is 0 Å². The van der Waals surface area contributed by atoms with Crippen molar-refractivity contribution in [2.45, 2.75) is 40.0 Å². The fourth-order valence-corrected chi connectivity index (χ4v) is 5.21. The summed E-state index contributed by atoms with van der Waals surface area (Å²) < 4.78 is 51.5. The van der Waals surface area contributed by atoms with Crippen LogP contribution in [0.1, 0.15) is 39.2 Å². The van der Waals surface area contributed by atoms with Gasteiger partial charge in [-0.1, -0.05) is 0 Å². The third-order valence-electron chi connectivity index (χ3n) is 2.72. The summed E-state index contributed by atoms with van der Waals surface area (Å²) in [7, 11) is -6.46. The van der Waals surface area contributed by atoms with Gasteiger partial charge in [-0.15, -0.1) is 0 Å². The SMILES string of the molecule is CCOP(=O)(Cc1ccc(CP(=O)(OCC)OCC)o1)OCC. The van der Waals surface area contributed by atoms with Crippen molar-refractivity contribution < 1.29 is 31.6 Å². The molecule has 0 aliphatic rings. The standard InChI is InChI=1S/C14H26O7P2/c1-5-17-22(15,18-6-2)11-13-9-10-14(21-13)12-23(16,19-7-3)20-8-4/h9-10H,5-8,11-12H2,1-4H3. The monoisotopic (exact) mass is 368 g/mol. The molecular weight excluding hydrogens is 342 g/mol. The van der Waals surface area contributed by atoms with E-state index in [0.717, 1.165) is 0 Å². The normalized spacial score (nSPS) is 12.7. The zero-order chi connectivity index (χ0) is 17.3. The van der Waals surface area contributed by atoms with Crippen LogP contribution in [-0.2, 0) is 39.5 Å². The minimum atomic E-state index is -3.23. The van der Waals surface area contributed by atoms with Gasteiger partial charge in [0.05, 0.1) is 26.4 Å². The largest absolute Gasteiger partial charge is 0.465 e. The number of rotatable bonds is 12. The van der Waals surface area contributed by atoms with E-state index in [4.69, 9.17) is 22.5 Å². The molecular formula is C14H26O7P2. The highest BCUT2D eigenvalue weighted by molar-refractivity contribution is 7.53. The van der Waals surface area contributed by atoms with Crippen molar-refractivity contribution >= 4 is 15.2 Å². The van der Waals surface area contributed by atoms with Gasteiger partial charge in [-0.2, -0.15) is 0 Å². The molecule has 0 saturated carbocycles. The van der Waals surface area contributed by atoms with Crippen LogP contribution in [0.15, 0.2) is 16.5 Å². The van der Waals surface area contributed by atoms with Gasteiger partial charge in [0.1, 0.15) is 23.8 Å². The molecule has 0 atom stereocenters. The first-order valence-corrected chi connectivity index (χ1v) is 11.2. The smallest absolute Gasteiger partial charge is 0.338 e. The zero-order valence-electron chi connectivity index (χ0n) is 14.1. The zero-order valence-corrected chi connectivity index (χ0v) is 15.9. The molecule has 134 valence electrons. The van der Waals surface area contributed by atoms with Gasteiger partial charge in [0.15, 0.2) is 0 Å². The summed E-state index contributed by atoms with van der Waals surface area (Å²) in [5.74, 6) is 0.898. The molecule has 0 aromatic carbocycles. The summed E-state index contributed by atoms with van der Waals surface area (Å²) in [4.78, 5) is 0. The van der Waals surface area contributed by atoms with E-state index in [1.54, 1.807) is 39.8 Å². The van der Waals surface area contributed by atoms with Gasteiger partial charge in [0.25, 0.3) is 0 Å². The van der Waals surface area contributed by atoms with Crippen LogP contribution in [0.25, 0.3) is 0 Å². The summed E-state index contributed by atoms with van der Waals surface area (Å²) in [6.45, 7) is 8.14. The van der Waals surface area contributed by atoms with E-state index in [9.17, 15) is 9.13 Å². The van der Waals surface area contributed by atoms with Crippen molar-refractivity contribution in [1.29, 1.82) is 0 Å². The predicted molar refractivity (Wildman–Crippen MR) is 87.8 cm³/mol. The van der Waals surface area contributed by atoms with E-state index in [1.807, 2.05) is 0 Å². The maximum atomic E-state index is 12.5. The van der Waals surface area contributed by atoms with Gasteiger partial charge in [-0.3, -0.25) is 9.13 Å². The first kappa shape index (κ1) is 20.6. The molecule has 23 heavy (non-hydrogen) atoms. The van der Waals surface area contributed by atoms with Crippen LogP contribution in [0.5, 0.6) is 0 Å². The molecule has 9 heteroatoms. The first-order valence-electron chi connectivity index (χ1n) is 7.74. The molecule has 0 spiro atoms. The van der Waals surface area contributed by atoms with E-state index in [2.05, 4.69) is 0 Å². The third kappa shape index (κ3) is 6.92. The number of furan rings is 1. The molecule has 0 fully saturated rings. The Morgan fingerprint density at radius 1 is 0.739 bits per heavy atom. The lowest BCUT2D eigenvalue weighted by Crippen LogP contribution is -1.99. The maximum Gasteiger partial charge on any atom is 0.338 e. The van der Waals surface area contributed by atoms with Gasteiger partial charge in [0.2, 0.25) is 0 Å². The highest BCUT2D eigenvalue weighted by Crippen LogP contribution is 2.53.